The number of nitrogens with one attached hydrogen (secondary N) is 2. The highest BCUT2D eigenvalue weighted by Crippen LogP contribution is 2.23. The molecule has 1 amide bonds. The summed E-state index contributed by atoms with van der Waals surface area (Å²) in [7, 11) is 0. The third kappa shape index (κ3) is 14.5. The molecule has 1 aromatic rings. The van der Waals surface area contributed by atoms with E-state index in [4.69, 9.17) is 14.2 Å². The zero-order chi connectivity index (χ0) is 28.4. The number of carbonyl (C=O) groups excluding carboxylic acids is 3. The van der Waals surface area contributed by atoms with Gasteiger partial charge in [-0.15, -0.1) is 0 Å². The largest absolute Gasteiger partial charge is 0.460 e. The summed E-state index contributed by atoms with van der Waals surface area (Å²) < 4.78 is 28.9. The molecule has 1 aromatic carbocycles. The number of esters is 2. The smallest absolute Gasteiger partial charge is 0.408 e. The van der Waals surface area contributed by atoms with E-state index in [-0.39, 0.29) is 12.8 Å². The molecule has 0 bridgehead atoms. The summed E-state index contributed by atoms with van der Waals surface area (Å²) in [6.45, 7) is 15.8. The van der Waals surface area contributed by atoms with Crippen LogP contribution in [0.4, 0.5) is 14.9 Å². The van der Waals surface area contributed by atoms with E-state index >= 15 is 0 Å². The van der Waals surface area contributed by atoms with Gasteiger partial charge >= 0.3 is 18.0 Å². The van der Waals surface area contributed by atoms with Crippen molar-refractivity contribution in [2.24, 2.45) is 5.92 Å². The Balaban J connectivity index is 3.19. The van der Waals surface area contributed by atoms with Crippen LogP contribution >= 0.6 is 0 Å². The van der Waals surface area contributed by atoms with E-state index in [1.165, 1.54) is 0 Å². The Labute approximate surface area is 221 Å². The molecule has 0 radical (unpaired) electrons. The highest BCUT2D eigenvalue weighted by atomic mass is 19.1. The summed E-state index contributed by atoms with van der Waals surface area (Å²) in [5.41, 5.74) is -0.624. The Hall–Kier alpha value is -2.84. The molecule has 0 fully saturated rings. The molecule has 37 heavy (non-hydrogen) atoms. The van der Waals surface area contributed by atoms with Crippen LogP contribution in [0.25, 0.3) is 0 Å². The zero-order valence-electron chi connectivity index (χ0n) is 23.8. The van der Waals surface area contributed by atoms with Crippen LogP contribution in [0.2, 0.25) is 0 Å². The van der Waals surface area contributed by atoms with E-state index in [2.05, 4.69) is 10.6 Å². The van der Waals surface area contributed by atoms with E-state index in [1.54, 1.807) is 62.3 Å². The fraction of sp³-hybridized carbons (Fsp3) is 0.679. The van der Waals surface area contributed by atoms with Gasteiger partial charge in [0.15, 0.2) is 0 Å². The topological polar surface area (TPSA) is 103 Å². The van der Waals surface area contributed by atoms with Gasteiger partial charge in [0, 0.05) is 12.2 Å². The van der Waals surface area contributed by atoms with Crippen LogP contribution in [0.1, 0.15) is 80.7 Å². The average molecular weight is 525 g/mol. The average Bonchev–Trinajstić information content (AvgIpc) is 2.70. The summed E-state index contributed by atoms with van der Waals surface area (Å²) in [5, 5.41) is 5.72. The molecular weight excluding hydrogens is 479 g/mol. The Bertz CT molecular complexity index is 882. The minimum atomic E-state index is -1.13. The number of anilines is 1. The quantitative estimate of drug-likeness (QED) is 0.221. The van der Waals surface area contributed by atoms with Crippen LogP contribution in [0, 0.1) is 5.92 Å². The van der Waals surface area contributed by atoms with Crippen LogP contribution < -0.4 is 10.6 Å². The summed E-state index contributed by atoms with van der Waals surface area (Å²) in [6.07, 6.45) is -0.136. The number of hydrogen-bond acceptors (Lipinski definition) is 7. The van der Waals surface area contributed by atoms with Gasteiger partial charge in [0.2, 0.25) is 0 Å². The van der Waals surface area contributed by atoms with E-state index in [1.807, 2.05) is 24.3 Å². The second-order valence-electron chi connectivity index (χ2n) is 12.1. The van der Waals surface area contributed by atoms with Gasteiger partial charge in [-0.25, -0.2) is 9.59 Å². The molecule has 0 heterocycles. The Morgan fingerprint density at radius 1 is 0.811 bits per heavy atom. The van der Waals surface area contributed by atoms with Crippen molar-refractivity contribution in [3.05, 3.63) is 29.8 Å². The Kier molecular flexibility index (Phi) is 11.9. The fourth-order valence-electron chi connectivity index (χ4n) is 3.31. The standard InChI is InChI=1S/C28H45FN2O6/c1-26(2,3)35-23(32)20(17-19-11-13-21(14-12-19)30-16-10-15-29)18-22(24(33)36-27(4,5)6)31-25(34)37-28(7,8)9/h11-14,20,22,30H,10,15-18H2,1-9H3,(H,31,34)/t20?,22-/m0/s1. The second kappa shape index (κ2) is 13.6. The lowest BCUT2D eigenvalue weighted by Gasteiger charge is -2.29. The summed E-state index contributed by atoms with van der Waals surface area (Å²) in [6, 6.07) is 6.29. The van der Waals surface area contributed by atoms with Crippen molar-refractivity contribution in [1.29, 1.82) is 0 Å². The first-order valence-corrected chi connectivity index (χ1v) is 12.7. The molecule has 0 saturated carbocycles. The lowest BCUT2D eigenvalue weighted by Crippen LogP contribution is -2.48. The molecule has 0 aliphatic rings. The molecule has 0 aliphatic heterocycles. The first-order valence-electron chi connectivity index (χ1n) is 12.7. The molecular formula is C28H45FN2O6. The van der Waals surface area contributed by atoms with E-state index in [9.17, 15) is 18.8 Å². The maximum Gasteiger partial charge on any atom is 0.408 e. The van der Waals surface area contributed by atoms with E-state index in [0.717, 1.165) is 11.3 Å². The number of ether oxygens (including phenoxy) is 3. The molecule has 9 heteroatoms. The van der Waals surface area contributed by atoms with Crippen molar-refractivity contribution in [1.82, 2.24) is 5.32 Å². The van der Waals surface area contributed by atoms with Gasteiger partial charge in [-0.05, 0) is 99.3 Å². The van der Waals surface area contributed by atoms with Gasteiger partial charge in [0.25, 0.3) is 0 Å². The van der Waals surface area contributed by atoms with Crippen LogP contribution in [-0.4, -0.2) is 54.1 Å². The monoisotopic (exact) mass is 524 g/mol. The lowest BCUT2D eigenvalue weighted by molar-refractivity contribution is -0.162. The minimum Gasteiger partial charge on any atom is -0.460 e. The van der Waals surface area contributed by atoms with Gasteiger partial charge in [-0.2, -0.15) is 0 Å². The van der Waals surface area contributed by atoms with E-state index in [0.29, 0.717) is 13.0 Å². The van der Waals surface area contributed by atoms with Gasteiger partial charge in [-0.1, -0.05) is 12.1 Å². The van der Waals surface area contributed by atoms with Gasteiger partial charge in [0.1, 0.15) is 22.8 Å². The first kappa shape index (κ1) is 32.2. The molecule has 2 N–H and O–H groups in total. The number of alkyl carbamates (subject to hydrolysis) is 1. The molecule has 0 aromatic heterocycles. The molecule has 0 spiro atoms. The van der Waals surface area contributed by atoms with Crippen LogP contribution in [0.15, 0.2) is 24.3 Å². The highest BCUT2D eigenvalue weighted by Gasteiger charge is 2.35. The predicted octanol–water partition coefficient (Wildman–Crippen LogP) is 5.58. The number of halogens is 1. The summed E-state index contributed by atoms with van der Waals surface area (Å²) in [5.74, 6) is -1.91. The van der Waals surface area contributed by atoms with Crippen LogP contribution in [-0.2, 0) is 30.2 Å². The fourth-order valence-corrected chi connectivity index (χ4v) is 3.31. The van der Waals surface area contributed by atoms with Gasteiger partial charge in [0.05, 0.1) is 12.6 Å². The summed E-state index contributed by atoms with van der Waals surface area (Å²) in [4.78, 5) is 38.8. The molecule has 0 aliphatic carbocycles. The van der Waals surface area contributed by atoms with Crippen LogP contribution in [0.3, 0.4) is 0 Å². The third-order valence-electron chi connectivity index (χ3n) is 4.72. The number of amides is 1. The maximum absolute atomic E-state index is 13.2. The van der Waals surface area contributed by atoms with Crippen molar-refractivity contribution in [2.75, 3.05) is 18.5 Å². The van der Waals surface area contributed by atoms with Crippen molar-refractivity contribution in [3.63, 3.8) is 0 Å². The Morgan fingerprint density at radius 3 is 1.81 bits per heavy atom. The van der Waals surface area contributed by atoms with Crippen molar-refractivity contribution in [2.45, 2.75) is 104 Å². The normalized spacial score (nSPS) is 13.8. The van der Waals surface area contributed by atoms with E-state index < -0.39 is 53.5 Å². The number of carbonyl (C=O) groups is 3. The third-order valence-corrected chi connectivity index (χ3v) is 4.72. The van der Waals surface area contributed by atoms with Gasteiger partial charge in [-0.3, -0.25) is 9.18 Å². The maximum atomic E-state index is 13.2. The molecule has 210 valence electrons. The van der Waals surface area contributed by atoms with Crippen molar-refractivity contribution < 1.29 is 33.0 Å². The molecule has 1 unspecified atom stereocenters. The van der Waals surface area contributed by atoms with Crippen molar-refractivity contribution >= 4 is 23.7 Å². The summed E-state index contributed by atoms with van der Waals surface area (Å²) >= 11 is 0. The highest BCUT2D eigenvalue weighted by molar-refractivity contribution is 5.83. The number of alkyl halides is 1. The Morgan fingerprint density at radius 2 is 1.32 bits per heavy atom. The number of benzene rings is 1. The number of rotatable bonds is 11. The van der Waals surface area contributed by atoms with Crippen molar-refractivity contribution in [3.8, 4) is 0 Å². The zero-order valence-corrected chi connectivity index (χ0v) is 23.8. The minimum absolute atomic E-state index is 0.0421. The predicted molar refractivity (Wildman–Crippen MR) is 142 cm³/mol. The molecule has 0 saturated heterocycles. The molecule has 2 atom stereocenters. The number of hydrogen-bond donors (Lipinski definition) is 2. The molecule has 8 nitrogen and oxygen atoms in total. The van der Waals surface area contributed by atoms with Crippen LogP contribution in [0.5, 0.6) is 0 Å². The first-order chi connectivity index (χ1) is 16.9. The second-order valence-corrected chi connectivity index (χ2v) is 12.1. The molecule has 1 rings (SSSR count). The SMILES string of the molecule is CC(C)(C)OC(=O)N[C@@H](CC(Cc1ccc(NCCCF)cc1)C(=O)OC(C)(C)C)C(=O)OC(C)(C)C. The van der Waals surface area contributed by atoms with Gasteiger partial charge < -0.3 is 24.8 Å². The lowest BCUT2D eigenvalue weighted by atomic mass is 9.92.